The van der Waals surface area contributed by atoms with Gasteiger partial charge in [0.2, 0.25) is 0 Å². The third-order valence-corrected chi connectivity index (χ3v) is 3.39. The second kappa shape index (κ2) is 4.78. The van der Waals surface area contributed by atoms with Gasteiger partial charge in [0.25, 0.3) is 5.69 Å². The Bertz CT molecular complexity index is 623. The molecule has 0 fully saturated rings. The van der Waals surface area contributed by atoms with Gasteiger partial charge < -0.3 is 0 Å². The minimum Gasteiger partial charge on any atom is -0.258 e. The Kier molecular flexibility index (Phi) is 3.34. The summed E-state index contributed by atoms with van der Waals surface area (Å²) in [7, 11) is 0. The fourth-order valence-electron chi connectivity index (χ4n) is 1.89. The molecule has 4 heteroatoms. The molecule has 2 aromatic carbocycles. The van der Waals surface area contributed by atoms with Gasteiger partial charge in [0.1, 0.15) is 0 Å². The zero-order valence-corrected chi connectivity index (χ0v) is 10.9. The standard InChI is InChI=1S/C14H12ClNO2/c1-9-6-7-11(8-13(9)15)12-4-3-5-14(10(12)2)16(17)18/h3-8H,1-2H3. The van der Waals surface area contributed by atoms with Gasteiger partial charge in [-0.3, -0.25) is 10.1 Å². The number of rotatable bonds is 2. The second-order valence-electron chi connectivity index (χ2n) is 4.17. The van der Waals surface area contributed by atoms with E-state index in [1.165, 1.54) is 6.07 Å². The van der Waals surface area contributed by atoms with Crippen molar-refractivity contribution in [1.82, 2.24) is 0 Å². The van der Waals surface area contributed by atoms with Crippen LogP contribution in [-0.4, -0.2) is 4.92 Å². The lowest BCUT2D eigenvalue weighted by Gasteiger charge is -2.08. The molecule has 0 amide bonds. The first-order valence-corrected chi connectivity index (χ1v) is 5.89. The Morgan fingerprint density at radius 3 is 2.50 bits per heavy atom. The molecule has 0 radical (unpaired) electrons. The zero-order valence-electron chi connectivity index (χ0n) is 10.1. The molecule has 3 nitrogen and oxygen atoms in total. The molecule has 0 aliphatic heterocycles. The molecule has 0 saturated carbocycles. The lowest BCUT2D eigenvalue weighted by molar-refractivity contribution is -0.385. The third kappa shape index (κ3) is 2.22. The van der Waals surface area contributed by atoms with Crippen LogP contribution >= 0.6 is 11.6 Å². The summed E-state index contributed by atoms with van der Waals surface area (Å²) in [6, 6.07) is 10.7. The fraction of sp³-hybridized carbons (Fsp3) is 0.143. The maximum Gasteiger partial charge on any atom is 0.272 e. The summed E-state index contributed by atoms with van der Waals surface area (Å²) < 4.78 is 0. The van der Waals surface area contributed by atoms with E-state index in [-0.39, 0.29) is 10.6 Å². The lowest BCUT2D eigenvalue weighted by Crippen LogP contribution is -1.93. The number of halogens is 1. The van der Waals surface area contributed by atoms with Crippen molar-refractivity contribution in [3.05, 3.63) is 62.7 Å². The van der Waals surface area contributed by atoms with Gasteiger partial charge in [-0.2, -0.15) is 0 Å². The normalized spacial score (nSPS) is 10.4. The van der Waals surface area contributed by atoms with Crippen molar-refractivity contribution in [3.8, 4) is 11.1 Å². The first-order valence-electron chi connectivity index (χ1n) is 5.51. The SMILES string of the molecule is Cc1ccc(-c2cccc([N+](=O)[O-])c2C)cc1Cl. The Morgan fingerprint density at radius 2 is 1.89 bits per heavy atom. The topological polar surface area (TPSA) is 43.1 Å². The van der Waals surface area contributed by atoms with Crippen molar-refractivity contribution in [1.29, 1.82) is 0 Å². The molecule has 0 bridgehead atoms. The van der Waals surface area contributed by atoms with Crippen LogP contribution in [-0.2, 0) is 0 Å². The van der Waals surface area contributed by atoms with Crippen LogP contribution in [0.3, 0.4) is 0 Å². The van der Waals surface area contributed by atoms with Gasteiger partial charge in [0.05, 0.1) is 4.92 Å². The average molecular weight is 262 g/mol. The largest absolute Gasteiger partial charge is 0.272 e. The average Bonchev–Trinajstić information content (AvgIpc) is 2.33. The fourth-order valence-corrected chi connectivity index (χ4v) is 2.07. The number of nitrogens with zero attached hydrogens (tertiary/aromatic N) is 1. The monoisotopic (exact) mass is 261 g/mol. The van der Waals surface area contributed by atoms with Gasteiger partial charge in [-0.15, -0.1) is 0 Å². The Hall–Kier alpha value is -1.87. The zero-order chi connectivity index (χ0) is 13.3. The van der Waals surface area contributed by atoms with Crippen molar-refractivity contribution in [2.75, 3.05) is 0 Å². The van der Waals surface area contributed by atoms with Crippen molar-refractivity contribution < 1.29 is 4.92 Å². The Labute approximate surface area is 110 Å². The van der Waals surface area contributed by atoms with Gasteiger partial charge in [-0.1, -0.05) is 35.9 Å². The minimum atomic E-state index is -0.366. The number of hydrogen-bond acceptors (Lipinski definition) is 2. The van der Waals surface area contributed by atoms with E-state index in [0.717, 1.165) is 16.7 Å². The highest BCUT2D eigenvalue weighted by atomic mass is 35.5. The van der Waals surface area contributed by atoms with Crippen LogP contribution in [0.25, 0.3) is 11.1 Å². The van der Waals surface area contributed by atoms with E-state index in [1.54, 1.807) is 13.0 Å². The van der Waals surface area contributed by atoms with E-state index in [1.807, 2.05) is 31.2 Å². The van der Waals surface area contributed by atoms with Crippen LogP contribution in [0.2, 0.25) is 5.02 Å². The lowest BCUT2D eigenvalue weighted by atomic mass is 9.98. The van der Waals surface area contributed by atoms with Crippen LogP contribution in [0, 0.1) is 24.0 Å². The molecule has 2 aromatic rings. The molecule has 92 valence electrons. The van der Waals surface area contributed by atoms with Gasteiger partial charge in [-0.25, -0.2) is 0 Å². The number of aryl methyl sites for hydroxylation is 1. The van der Waals surface area contributed by atoms with Gasteiger partial charge in [-0.05, 0) is 36.6 Å². The van der Waals surface area contributed by atoms with Crippen LogP contribution in [0.1, 0.15) is 11.1 Å². The second-order valence-corrected chi connectivity index (χ2v) is 4.58. The first-order chi connectivity index (χ1) is 8.50. The van der Waals surface area contributed by atoms with E-state index in [9.17, 15) is 10.1 Å². The highest BCUT2D eigenvalue weighted by Crippen LogP contribution is 2.31. The predicted molar refractivity (Wildman–Crippen MR) is 73.0 cm³/mol. The first kappa shape index (κ1) is 12.6. The highest BCUT2D eigenvalue weighted by molar-refractivity contribution is 6.31. The van der Waals surface area contributed by atoms with Crippen molar-refractivity contribution in [3.63, 3.8) is 0 Å². The van der Waals surface area contributed by atoms with Gasteiger partial charge in [0, 0.05) is 16.7 Å². The summed E-state index contributed by atoms with van der Waals surface area (Å²) >= 11 is 6.08. The third-order valence-electron chi connectivity index (χ3n) is 2.98. The molecule has 0 saturated heterocycles. The van der Waals surface area contributed by atoms with Crippen molar-refractivity contribution in [2.24, 2.45) is 0 Å². The summed E-state index contributed by atoms with van der Waals surface area (Å²) in [5.74, 6) is 0. The molecule has 0 N–H and O–H groups in total. The van der Waals surface area contributed by atoms with Crippen LogP contribution in [0.15, 0.2) is 36.4 Å². The molecule has 0 aliphatic rings. The number of nitro benzene ring substituents is 1. The summed E-state index contributed by atoms with van der Waals surface area (Å²) in [5.41, 5.74) is 3.51. The smallest absolute Gasteiger partial charge is 0.258 e. The van der Waals surface area contributed by atoms with E-state index < -0.39 is 0 Å². The molecule has 0 aromatic heterocycles. The van der Waals surface area contributed by atoms with Crippen LogP contribution in [0.4, 0.5) is 5.69 Å². The molecule has 0 spiro atoms. The Morgan fingerprint density at radius 1 is 1.17 bits per heavy atom. The van der Waals surface area contributed by atoms with Crippen LogP contribution < -0.4 is 0 Å². The predicted octanol–water partition coefficient (Wildman–Crippen LogP) is 4.53. The summed E-state index contributed by atoms with van der Waals surface area (Å²) in [6.45, 7) is 3.67. The molecule has 0 heterocycles. The molecule has 0 unspecified atom stereocenters. The molecule has 2 rings (SSSR count). The number of nitro groups is 1. The minimum absolute atomic E-state index is 0.129. The highest BCUT2D eigenvalue weighted by Gasteiger charge is 2.14. The molecule has 0 atom stereocenters. The molecule has 18 heavy (non-hydrogen) atoms. The van der Waals surface area contributed by atoms with Crippen molar-refractivity contribution in [2.45, 2.75) is 13.8 Å². The molecular formula is C14H12ClNO2. The van der Waals surface area contributed by atoms with Gasteiger partial charge in [0.15, 0.2) is 0 Å². The Balaban J connectivity index is 2.60. The van der Waals surface area contributed by atoms with E-state index in [4.69, 9.17) is 11.6 Å². The van der Waals surface area contributed by atoms with E-state index in [0.29, 0.717) is 10.6 Å². The van der Waals surface area contributed by atoms with E-state index in [2.05, 4.69) is 0 Å². The molecular weight excluding hydrogens is 250 g/mol. The van der Waals surface area contributed by atoms with E-state index >= 15 is 0 Å². The number of benzene rings is 2. The molecule has 0 aliphatic carbocycles. The van der Waals surface area contributed by atoms with Crippen molar-refractivity contribution >= 4 is 17.3 Å². The maximum atomic E-state index is 10.9. The quantitative estimate of drug-likeness (QED) is 0.589. The van der Waals surface area contributed by atoms with Crippen LogP contribution in [0.5, 0.6) is 0 Å². The summed E-state index contributed by atoms with van der Waals surface area (Å²) in [5, 5.41) is 11.6. The summed E-state index contributed by atoms with van der Waals surface area (Å²) in [6.07, 6.45) is 0. The summed E-state index contributed by atoms with van der Waals surface area (Å²) in [4.78, 5) is 10.5. The van der Waals surface area contributed by atoms with Gasteiger partial charge >= 0.3 is 0 Å². The maximum absolute atomic E-state index is 10.9. The number of hydrogen-bond donors (Lipinski definition) is 0.